The summed E-state index contributed by atoms with van der Waals surface area (Å²) < 4.78 is 0. The Balaban J connectivity index is 2.27. The number of halogens is 1. The Morgan fingerprint density at radius 2 is 2.18 bits per heavy atom. The summed E-state index contributed by atoms with van der Waals surface area (Å²) in [6.45, 7) is 1.90. The molecular formula is C13H16ClNO2. The molecular weight excluding hydrogens is 238 g/mol. The van der Waals surface area contributed by atoms with E-state index in [1.807, 2.05) is 25.1 Å². The first-order chi connectivity index (χ1) is 8.11. The summed E-state index contributed by atoms with van der Waals surface area (Å²) in [6.07, 6.45) is 1.21. The molecule has 0 radical (unpaired) electrons. The lowest BCUT2D eigenvalue weighted by atomic mass is 10.0. The predicted molar refractivity (Wildman–Crippen MR) is 66.6 cm³/mol. The first kappa shape index (κ1) is 12.4. The number of piperidine rings is 1. The second-order valence-electron chi connectivity index (χ2n) is 4.37. The smallest absolute Gasteiger partial charge is 0.225 e. The van der Waals surface area contributed by atoms with E-state index < -0.39 is 6.23 Å². The summed E-state index contributed by atoms with van der Waals surface area (Å²) >= 11 is 6.11. The van der Waals surface area contributed by atoms with Gasteiger partial charge in [-0.15, -0.1) is 0 Å². The first-order valence-electron chi connectivity index (χ1n) is 5.85. The predicted octanol–water partition coefficient (Wildman–Crippen LogP) is 2.73. The molecule has 0 aromatic heterocycles. The minimum Gasteiger partial charge on any atom is -0.374 e. The number of carbonyl (C=O) groups excluding carboxylic acids is 1. The Morgan fingerprint density at radius 3 is 2.82 bits per heavy atom. The van der Waals surface area contributed by atoms with Gasteiger partial charge in [0, 0.05) is 11.4 Å². The van der Waals surface area contributed by atoms with Gasteiger partial charge in [-0.25, -0.2) is 0 Å². The molecule has 1 N–H and O–H groups in total. The van der Waals surface area contributed by atoms with E-state index in [4.69, 9.17) is 11.6 Å². The van der Waals surface area contributed by atoms with E-state index in [9.17, 15) is 9.90 Å². The molecule has 1 heterocycles. The minimum absolute atomic E-state index is 0.00355. The molecule has 1 aromatic rings. The van der Waals surface area contributed by atoms with E-state index >= 15 is 0 Å². The van der Waals surface area contributed by atoms with Crippen molar-refractivity contribution in [3.63, 3.8) is 0 Å². The Morgan fingerprint density at radius 1 is 1.47 bits per heavy atom. The zero-order chi connectivity index (χ0) is 12.4. The van der Waals surface area contributed by atoms with Crippen molar-refractivity contribution in [1.82, 2.24) is 4.90 Å². The zero-order valence-corrected chi connectivity index (χ0v) is 10.5. The fourth-order valence-corrected chi connectivity index (χ4v) is 2.60. The Bertz CT molecular complexity index is 422. The van der Waals surface area contributed by atoms with Crippen molar-refractivity contribution in [3.8, 4) is 0 Å². The highest BCUT2D eigenvalue weighted by Gasteiger charge is 2.31. The topological polar surface area (TPSA) is 40.5 Å². The third-order valence-corrected chi connectivity index (χ3v) is 3.58. The van der Waals surface area contributed by atoms with Gasteiger partial charge in [0.15, 0.2) is 0 Å². The van der Waals surface area contributed by atoms with Crippen LogP contribution in [0.2, 0.25) is 5.02 Å². The summed E-state index contributed by atoms with van der Waals surface area (Å²) in [5.41, 5.74) is 0.878. The summed E-state index contributed by atoms with van der Waals surface area (Å²) in [5, 5.41) is 10.6. The molecule has 0 spiro atoms. The molecule has 2 rings (SSSR count). The molecule has 0 saturated carbocycles. The summed E-state index contributed by atoms with van der Waals surface area (Å²) in [7, 11) is 0. The second kappa shape index (κ2) is 5.07. The maximum atomic E-state index is 11.9. The number of carbonyl (C=O) groups is 1. The van der Waals surface area contributed by atoms with Crippen LogP contribution >= 0.6 is 11.6 Å². The number of aliphatic hydroxyl groups is 1. The highest BCUT2D eigenvalue weighted by atomic mass is 35.5. The van der Waals surface area contributed by atoms with Crippen LogP contribution in [0.15, 0.2) is 24.3 Å². The normalized spacial score (nSPS) is 22.6. The van der Waals surface area contributed by atoms with Crippen molar-refractivity contribution in [2.24, 2.45) is 0 Å². The molecule has 1 aliphatic heterocycles. The Labute approximate surface area is 106 Å². The summed E-state index contributed by atoms with van der Waals surface area (Å²) in [5.74, 6) is -0.00355. The first-order valence-corrected chi connectivity index (χ1v) is 6.22. The average Bonchev–Trinajstić information content (AvgIpc) is 2.29. The quantitative estimate of drug-likeness (QED) is 0.881. The number of hydrogen-bond donors (Lipinski definition) is 1. The monoisotopic (exact) mass is 253 g/mol. The van der Waals surface area contributed by atoms with Crippen molar-refractivity contribution in [2.75, 3.05) is 0 Å². The van der Waals surface area contributed by atoms with Crippen LogP contribution in [-0.2, 0) is 4.79 Å². The molecule has 0 bridgehead atoms. The summed E-state index contributed by atoms with van der Waals surface area (Å²) in [4.78, 5) is 13.4. The van der Waals surface area contributed by atoms with Gasteiger partial charge in [-0.1, -0.05) is 29.8 Å². The molecule has 2 atom stereocenters. The van der Waals surface area contributed by atoms with Crippen molar-refractivity contribution >= 4 is 17.5 Å². The van der Waals surface area contributed by atoms with Crippen LogP contribution in [0.1, 0.15) is 37.8 Å². The Kier molecular flexibility index (Phi) is 3.69. The molecule has 1 unspecified atom stereocenters. The van der Waals surface area contributed by atoms with Crippen LogP contribution in [0.3, 0.4) is 0 Å². The van der Waals surface area contributed by atoms with Crippen LogP contribution in [0, 0.1) is 0 Å². The number of aliphatic hydroxyl groups excluding tert-OH is 1. The van der Waals surface area contributed by atoms with Gasteiger partial charge < -0.3 is 10.0 Å². The largest absolute Gasteiger partial charge is 0.374 e. The third-order valence-electron chi connectivity index (χ3n) is 3.23. The molecule has 92 valence electrons. The lowest BCUT2D eigenvalue weighted by molar-refractivity contribution is -0.151. The van der Waals surface area contributed by atoms with E-state index in [-0.39, 0.29) is 11.9 Å². The molecule has 17 heavy (non-hydrogen) atoms. The van der Waals surface area contributed by atoms with Crippen LogP contribution < -0.4 is 0 Å². The standard InChI is InChI=1S/C13H16ClNO2/c1-9(10-5-2-3-6-11(10)14)15-12(16)7-4-8-13(15)17/h2-3,5-6,9,12,16H,4,7-8H2,1H3/t9-,12?/m0/s1. The number of amides is 1. The van der Waals surface area contributed by atoms with Gasteiger partial charge in [0.1, 0.15) is 6.23 Å². The lowest BCUT2D eigenvalue weighted by Gasteiger charge is -2.37. The minimum atomic E-state index is -0.692. The molecule has 1 aromatic carbocycles. The van der Waals surface area contributed by atoms with Crippen LogP contribution in [0.25, 0.3) is 0 Å². The SMILES string of the molecule is C[C@@H](c1ccccc1Cl)N1C(=O)CCCC1O. The van der Waals surface area contributed by atoms with Crippen molar-refractivity contribution in [2.45, 2.75) is 38.5 Å². The van der Waals surface area contributed by atoms with Gasteiger partial charge >= 0.3 is 0 Å². The van der Waals surface area contributed by atoms with Gasteiger partial charge in [0.2, 0.25) is 5.91 Å². The van der Waals surface area contributed by atoms with E-state index in [1.54, 1.807) is 6.07 Å². The fraction of sp³-hybridized carbons (Fsp3) is 0.462. The number of rotatable bonds is 2. The molecule has 4 heteroatoms. The van der Waals surface area contributed by atoms with E-state index in [0.717, 1.165) is 12.0 Å². The number of hydrogen-bond acceptors (Lipinski definition) is 2. The van der Waals surface area contributed by atoms with Crippen molar-refractivity contribution in [1.29, 1.82) is 0 Å². The van der Waals surface area contributed by atoms with Crippen molar-refractivity contribution in [3.05, 3.63) is 34.9 Å². The highest BCUT2D eigenvalue weighted by molar-refractivity contribution is 6.31. The maximum Gasteiger partial charge on any atom is 0.225 e. The lowest BCUT2D eigenvalue weighted by Crippen LogP contribution is -2.44. The van der Waals surface area contributed by atoms with Gasteiger partial charge in [-0.2, -0.15) is 0 Å². The highest BCUT2D eigenvalue weighted by Crippen LogP contribution is 2.31. The summed E-state index contributed by atoms with van der Waals surface area (Å²) in [6, 6.07) is 7.24. The number of likely N-dealkylation sites (tertiary alicyclic amines) is 1. The molecule has 1 saturated heterocycles. The fourth-order valence-electron chi connectivity index (χ4n) is 2.31. The van der Waals surface area contributed by atoms with Crippen molar-refractivity contribution < 1.29 is 9.90 Å². The number of benzene rings is 1. The molecule has 3 nitrogen and oxygen atoms in total. The van der Waals surface area contributed by atoms with Gasteiger partial charge in [0.25, 0.3) is 0 Å². The number of nitrogens with zero attached hydrogens (tertiary/aromatic N) is 1. The van der Waals surface area contributed by atoms with Crippen LogP contribution in [-0.4, -0.2) is 22.1 Å². The van der Waals surface area contributed by atoms with Crippen LogP contribution in [0.4, 0.5) is 0 Å². The average molecular weight is 254 g/mol. The van der Waals surface area contributed by atoms with Gasteiger partial charge in [-0.05, 0) is 31.4 Å². The van der Waals surface area contributed by atoms with E-state index in [2.05, 4.69) is 0 Å². The molecule has 1 aliphatic rings. The van der Waals surface area contributed by atoms with Crippen LogP contribution in [0.5, 0.6) is 0 Å². The maximum absolute atomic E-state index is 11.9. The van der Waals surface area contributed by atoms with Gasteiger partial charge in [0.05, 0.1) is 6.04 Å². The third kappa shape index (κ3) is 2.45. The second-order valence-corrected chi connectivity index (χ2v) is 4.78. The molecule has 1 amide bonds. The Hall–Kier alpha value is -1.06. The zero-order valence-electron chi connectivity index (χ0n) is 9.77. The molecule has 0 aliphatic carbocycles. The van der Waals surface area contributed by atoms with E-state index in [0.29, 0.717) is 17.9 Å². The van der Waals surface area contributed by atoms with E-state index in [1.165, 1.54) is 4.90 Å². The molecule has 1 fully saturated rings. The van der Waals surface area contributed by atoms with Gasteiger partial charge in [-0.3, -0.25) is 4.79 Å².